The molecule has 0 saturated carbocycles. The summed E-state index contributed by atoms with van der Waals surface area (Å²) in [4.78, 5) is 19.3. The highest BCUT2D eigenvalue weighted by atomic mass is 19.4. The predicted octanol–water partition coefficient (Wildman–Crippen LogP) is 1.80. The van der Waals surface area contributed by atoms with E-state index in [-0.39, 0.29) is 18.2 Å². The highest BCUT2D eigenvalue weighted by Crippen LogP contribution is 2.20. The summed E-state index contributed by atoms with van der Waals surface area (Å²) in [7, 11) is 0. The van der Waals surface area contributed by atoms with Gasteiger partial charge in [-0.1, -0.05) is 0 Å². The van der Waals surface area contributed by atoms with Gasteiger partial charge in [0.2, 0.25) is 0 Å². The van der Waals surface area contributed by atoms with E-state index in [1.54, 1.807) is 11.8 Å². The minimum absolute atomic E-state index is 0.0511. The first-order valence-corrected chi connectivity index (χ1v) is 9.59. The second-order valence-electron chi connectivity index (χ2n) is 6.91. The maximum atomic E-state index is 12.5. The van der Waals surface area contributed by atoms with Crippen molar-refractivity contribution < 1.29 is 22.7 Å². The molecule has 2 aliphatic heterocycles. The number of likely N-dealkylation sites (tertiary alicyclic amines) is 2. The van der Waals surface area contributed by atoms with Crippen molar-refractivity contribution in [1.29, 1.82) is 0 Å². The lowest BCUT2D eigenvalue weighted by Crippen LogP contribution is -2.52. The summed E-state index contributed by atoms with van der Waals surface area (Å²) < 4.78 is 42.6. The fourth-order valence-corrected chi connectivity index (χ4v) is 3.45. The van der Waals surface area contributed by atoms with Gasteiger partial charge < -0.3 is 20.3 Å². The summed E-state index contributed by atoms with van der Waals surface area (Å²) in [6.45, 7) is 5.76. The molecule has 0 aromatic heterocycles. The van der Waals surface area contributed by atoms with Gasteiger partial charge in [0.1, 0.15) is 0 Å². The second-order valence-corrected chi connectivity index (χ2v) is 6.91. The zero-order chi connectivity index (χ0) is 19.9. The molecule has 0 radical (unpaired) electrons. The molecule has 1 amide bonds. The van der Waals surface area contributed by atoms with Crippen molar-refractivity contribution in [2.75, 3.05) is 45.9 Å². The van der Waals surface area contributed by atoms with E-state index in [0.29, 0.717) is 51.7 Å². The number of ether oxygens (including phenoxy) is 1. The summed E-state index contributed by atoms with van der Waals surface area (Å²) in [6.07, 6.45) is -2.25. The molecular weight excluding hydrogens is 363 g/mol. The summed E-state index contributed by atoms with van der Waals surface area (Å²) in [5.41, 5.74) is 0. The molecule has 7 nitrogen and oxygen atoms in total. The van der Waals surface area contributed by atoms with Gasteiger partial charge in [-0.3, -0.25) is 9.89 Å². The number of nitrogens with zero attached hydrogens (tertiary/aromatic N) is 3. The minimum atomic E-state index is -4.17. The smallest absolute Gasteiger partial charge is 0.409 e. The topological polar surface area (TPSA) is 69.2 Å². The number of carbonyl (C=O) groups is 1. The molecule has 2 fully saturated rings. The van der Waals surface area contributed by atoms with Gasteiger partial charge in [-0.2, -0.15) is 13.2 Å². The summed E-state index contributed by atoms with van der Waals surface area (Å²) in [5.74, 6) is 0.631. The number of amides is 1. The largest absolute Gasteiger partial charge is 0.450 e. The second kappa shape index (κ2) is 10.0. The van der Waals surface area contributed by atoms with E-state index in [9.17, 15) is 18.0 Å². The Morgan fingerprint density at radius 1 is 1.11 bits per heavy atom. The molecule has 0 bridgehead atoms. The lowest BCUT2D eigenvalue weighted by atomic mass is 10.1. The third-order valence-corrected chi connectivity index (χ3v) is 4.69. The van der Waals surface area contributed by atoms with Crippen LogP contribution in [-0.2, 0) is 4.74 Å². The van der Waals surface area contributed by atoms with Crippen LogP contribution in [0.4, 0.5) is 18.0 Å². The van der Waals surface area contributed by atoms with E-state index < -0.39 is 12.7 Å². The quantitative estimate of drug-likeness (QED) is 0.551. The van der Waals surface area contributed by atoms with Crippen molar-refractivity contribution in [3.05, 3.63) is 0 Å². The summed E-state index contributed by atoms with van der Waals surface area (Å²) in [5, 5.41) is 6.62. The van der Waals surface area contributed by atoms with Crippen molar-refractivity contribution in [2.24, 2.45) is 4.99 Å². The number of alkyl halides is 3. The number of hydrogen-bond acceptors (Lipinski definition) is 4. The normalized spacial score (nSPS) is 22.8. The molecule has 1 unspecified atom stereocenters. The standard InChI is InChI=1S/C17H30F3N5O2/c1-3-21-15(23-14-5-8-24(11-14)12-17(18,19)20)22-13-6-9-25(10-7-13)16(26)27-4-2/h13-14H,3-12H2,1-2H3,(H2,21,22,23). The molecule has 156 valence electrons. The Labute approximate surface area is 158 Å². The van der Waals surface area contributed by atoms with Crippen molar-refractivity contribution in [2.45, 2.75) is 51.4 Å². The molecule has 0 aromatic carbocycles. The van der Waals surface area contributed by atoms with E-state index in [4.69, 9.17) is 4.74 Å². The number of hydrogen-bond donors (Lipinski definition) is 2. The molecule has 2 N–H and O–H groups in total. The maximum Gasteiger partial charge on any atom is 0.409 e. The van der Waals surface area contributed by atoms with Crippen LogP contribution in [-0.4, -0.2) is 86.0 Å². The number of piperidine rings is 1. The van der Waals surface area contributed by atoms with Gasteiger partial charge in [0.05, 0.1) is 13.2 Å². The van der Waals surface area contributed by atoms with Crippen LogP contribution in [0, 0.1) is 0 Å². The molecule has 27 heavy (non-hydrogen) atoms. The Balaban J connectivity index is 1.78. The first-order valence-electron chi connectivity index (χ1n) is 9.59. The van der Waals surface area contributed by atoms with Gasteiger partial charge >= 0.3 is 12.3 Å². The number of guanidine groups is 1. The Morgan fingerprint density at radius 3 is 2.33 bits per heavy atom. The van der Waals surface area contributed by atoms with Gasteiger partial charge in [0.15, 0.2) is 5.96 Å². The Kier molecular flexibility index (Phi) is 8.00. The molecule has 2 saturated heterocycles. The highest BCUT2D eigenvalue weighted by Gasteiger charge is 2.34. The number of halogens is 3. The third kappa shape index (κ3) is 7.43. The first kappa shape index (κ1) is 21.6. The molecule has 0 aromatic rings. The first-order chi connectivity index (χ1) is 12.8. The van der Waals surface area contributed by atoms with E-state index in [1.807, 2.05) is 6.92 Å². The molecule has 2 rings (SSSR count). The average molecular weight is 393 g/mol. The Bertz CT molecular complexity index is 507. The fourth-order valence-electron chi connectivity index (χ4n) is 3.45. The molecular formula is C17H30F3N5O2. The van der Waals surface area contributed by atoms with Gasteiger partial charge in [0, 0.05) is 44.8 Å². The summed E-state index contributed by atoms with van der Waals surface area (Å²) in [6, 6.07) is 0.117. The van der Waals surface area contributed by atoms with Crippen LogP contribution >= 0.6 is 0 Å². The van der Waals surface area contributed by atoms with Crippen LogP contribution in [0.15, 0.2) is 4.99 Å². The minimum Gasteiger partial charge on any atom is -0.450 e. The SMILES string of the molecule is CCN=C(NC1CCN(C(=O)OCC)CC1)NC1CCN(CC(F)(F)F)C1. The monoisotopic (exact) mass is 393 g/mol. The Morgan fingerprint density at radius 2 is 1.74 bits per heavy atom. The zero-order valence-corrected chi connectivity index (χ0v) is 16.0. The molecule has 2 heterocycles. The number of nitrogens with one attached hydrogen (secondary N) is 2. The van der Waals surface area contributed by atoms with E-state index >= 15 is 0 Å². The predicted molar refractivity (Wildman–Crippen MR) is 96.8 cm³/mol. The van der Waals surface area contributed by atoms with Gasteiger partial charge in [0.25, 0.3) is 0 Å². The lowest BCUT2D eigenvalue weighted by Gasteiger charge is -2.32. The van der Waals surface area contributed by atoms with Gasteiger partial charge in [-0.05, 0) is 33.1 Å². The third-order valence-electron chi connectivity index (χ3n) is 4.69. The van der Waals surface area contributed by atoms with Crippen molar-refractivity contribution in [1.82, 2.24) is 20.4 Å². The van der Waals surface area contributed by atoms with Crippen LogP contribution in [0.3, 0.4) is 0 Å². The van der Waals surface area contributed by atoms with Crippen LogP contribution in [0.2, 0.25) is 0 Å². The molecule has 10 heteroatoms. The lowest BCUT2D eigenvalue weighted by molar-refractivity contribution is -0.143. The zero-order valence-electron chi connectivity index (χ0n) is 16.0. The van der Waals surface area contributed by atoms with E-state index in [1.165, 1.54) is 4.90 Å². The number of rotatable bonds is 5. The van der Waals surface area contributed by atoms with Crippen LogP contribution in [0.5, 0.6) is 0 Å². The average Bonchev–Trinajstić information content (AvgIpc) is 3.01. The highest BCUT2D eigenvalue weighted by molar-refractivity contribution is 5.80. The molecule has 1 atom stereocenters. The summed E-state index contributed by atoms with van der Waals surface area (Å²) >= 11 is 0. The molecule has 0 aliphatic carbocycles. The van der Waals surface area contributed by atoms with Gasteiger partial charge in [-0.15, -0.1) is 0 Å². The van der Waals surface area contributed by atoms with Gasteiger partial charge in [-0.25, -0.2) is 4.79 Å². The van der Waals surface area contributed by atoms with Crippen LogP contribution in [0.25, 0.3) is 0 Å². The van der Waals surface area contributed by atoms with Crippen LogP contribution < -0.4 is 10.6 Å². The molecule has 0 spiro atoms. The van der Waals surface area contributed by atoms with Crippen LogP contribution in [0.1, 0.15) is 33.1 Å². The Hall–Kier alpha value is -1.71. The fraction of sp³-hybridized carbons (Fsp3) is 0.882. The number of aliphatic imine (C=N–C) groups is 1. The van der Waals surface area contributed by atoms with Crippen molar-refractivity contribution in [3.8, 4) is 0 Å². The van der Waals surface area contributed by atoms with E-state index in [0.717, 1.165) is 12.8 Å². The van der Waals surface area contributed by atoms with Crippen molar-refractivity contribution in [3.63, 3.8) is 0 Å². The maximum absolute atomic E-state index is 12.5. The van der Waals surface area contributed by atoms with Crippen molar-refractivity contribution >= 4 is 12.1 Å². The molecule has 2 aliphatic rings. The van der Waals surface area contributed by atoms with E-state index in [2.05, 4.69) is 15.6 Å². The number of carbonyl (C=O) groups excluding carboxylic acids is 1.